The van der Waals surface area contributed by atoms with E-state index in [1.165, 1.54) is 0 Å². The summed E-state index contributed by atoms with van der Waals surface area (Å²) in [6.07, 6.45) is 0.708. The Labute approximate surface area is 92.0 Å². The third kappa shape index (κ3) is 3.03. The molecule has 0 saturated heterocycles. The highest BCUT2D eigenvalue weighted by atomic mass is 32.2. The molecular weight excluding hydrogens is 269 g/mol. The van der Waals surface area contributed by atoms with Gasteiger partial charge in [0.05, 0.1) is 11.7 Å². The molecule has 0 radical (unpaired) electrons. The minimum absolute atomic E-state index is 0.708. The van der Waals surface area contributed by atoms with Crippen molar-refractivity contribution in [3.8, 4) is 6.01 Å². The highest BCUT2D eigenvalue weighted by molar-refractivity contribution is 7.87. The second kappa shape index (κ2) is 4.16. The average Bonchev–Trinajstić information content (AvgIpc) is 2.15. The average molecular weight is 271 g/mol. The van der Waals surface area contributed by atoms with E-state index in [0.717, 1.165) is 6.07 Å². The molecule has 0 amide bonds. The summed E-state index contributed by atoms with van der Waals surface area (Å²) in [5.74, 6) is -1.82. The molecule has 1 rings (SSSR count). The standard InChI is InChI=1S/C6H3F3N2O5S/c7-6(8,9)17(14,15)16-5-10-2-1-3(11-5)4(12)13/h1-2H,(H,12,13)/p-1. The second-order valence-electron chi connectivity index (χ2n) is 2.50. The number of nitrogens with zero attached hydrogens (tertiary/aromatic N) is 2. The number of carbonyl (C=O) groups is 1. The van der Waals surface area contributed by atoms with Crippen LogP contribution in [0.25, 0.3) is 0 Å². The van der Waals surface area contributed by atoms with Gasteiger partial charge in [0.15, 0.2) is 0 Å². The predicted octanol–water partition coefficient (Wildman–Crippen LogP) is -0.931. The number of carboxylic acid groups (broad SMARTS) is 1. The number of hydrogen-bond donors (Lipinski definition) is 0. The molecule has 1 heterocycles. The Hall–Kier alpha value is -1.91. The maximum atomic E-state index is 11.9. The van der Waals surface area contributed by atoms with Gasteiger partial charge in [0, 0.05) is 6.20 Å². The molecule has 0 fully saturated rings. The lowest BCUT2D eigenvalue weighted by atomic mass is 10.4. The molecule has 0 aliphatic carbocycles. The van der Waals surface area contributed by atoms with Gasteiger partial charge in [0.25, 0.3) is 0 Å². The molecule has 0 aliphatic rings. The van der Waals surface area contributed by atoms with E-state index in [-0.39, 0.29) is 0 Å². The molecule has 0 aromatic carbocycles. The Morgan fingerprint density at radius 3 is 2.47 bits per heavy atom. The normalized spacial score (nSPS) is 12.2. The zero-order valence-corrected chi connectivity index (χ0v) is 8.45. The summed E-state index contributed by atoms with van der Waals surface area (Å²) in [6, 6.07) is -0.466. The van der Waals surface area contributed by atoms with Crippen molar-refractivity contribution in [2.75, 3.05) is 0 Å². The van der Waals surface area contributed by atoms with E-state index in [9.17, 15) is 31.5 Å². The third-order valence-electron chi connectivity index (χ3n) is 1.31. The predicted molar refractivity (Wildman–Crippen MR) is 42.0 cm³/mol. The molecule has 0 atom stereocenters. The van der Waals surface area contributed by atoms with E-state index < -0.39 is 33.3 Å². The summed E-state index contributed by atoms with van der Waals surface area (Å²) < 4.78 is 60.2. The molecule has 0 spiro atoms. The number of aromatic nitrogens is 2. The molecule has 11 heteroatoms. The molecule has 17 heavy (non-hydrogen) atoms. The summed E-state index contributed by atoms with van der Waals surface area (Å²) in [5.41, 5.74) is -6.47. The highest BCUT2D eigenvalue weighted by Crippen LogP contribution is 2.25. The second-order valence-corrected chi connectivity index (χ2v) is 4.03. The Balaban J connectivity index is 3.05. The largest absolute Gasteiger partial charge is 0.543 e. The zero-order valence-electron chi connectivity index (χ0n) is 7.63. The number of carboxylic acids is 1. The SMILES string of the molecule is O=C([O-])c1ccnc(OS(=O)(=O)C(F)(F)F)n1. The molecular formula is C6H2F3N2O5S-. The number of rotatable bonds is 3. The van der Waals surface area contributed by atoms with Crippen molar-refractivity contribution in [2.45, 2.75) is 5.51 Å². The monoisotopic (exact) mass is 271 g/mol. The van der Waals surface area contributed by atoms with Crippen LogP contribution in [0.5, 0.6) is 6.01 Å². The molecule has 94 valence electrons. The summed E-state index contributed by atoms with van der Waals surface area (Å²) >= 11 is 0. The van der Waals surface area contributed by atoms with Gasteiger partial charge in [0.2, 0.25) is 0 Å². The number of hydrogen-bond acceptors (Lipinski definition) is 7. The van der Waals surface area contributed by atoms with Gasteiger partial charge in [-0.05, 0) is 6.07 Å². The molecule has 0 aliphatic heterocycles. The van der Waals surface area contributed by atoms with Crippen LogP contribution < -0.4 is 9.29 Å². The summed E-state index contributed by atoms with van der Waals surface area (Å²) in [4.78, 5) is 16.2. The van der Waals surface area contributed by atoms with Crippen molar-refractivity contribution in [3.05, 3.63) is 18.0 Å². The lowest BCUT2D eigenvalue weighted by Gasteiger charge is -2.08. The van der Waals surface area contributed by atoms with Crippen LogP contribution in [0, 0.1) is 0 Å². The Kier molecular flexibility index (Phi) is 3.22. The summed E-state index contributed by atoms with van der Waals surface area (Å²) in [6.45, 7) is 0. The molecule has 1 aromatic rings. The first-order chi connectivity index (χ1) is 7.63. The topological polar surface area (TPSA) is 109 Å². The molecule has 0 saturated carbocycles. The van der Waals surface area contributed by atoms with Gasteiger partial charge in [0.1, 0.15) is 0 Å². The highest BCUT2D eigenvalue weighted by Gasteiger charge is 2.49. The van der Waals surface area contributed by atoms with Crippen LogP contribution >= 0.6 is 0 Å². The lowest BCUT2D eigenvalue weighted by Crippen LogP contribution is -2.29. The molecule has 0 unspecified atom stereocenters. The van der Waals surface area contributed by atoms with E-state index in [4.69, 9.17) is 0 Å². The van der Waals surface area contributed by atoms with Crippen LogP contribution in [0.2, 0.25) is 0 Å². The van der Waals surface area contributed by atoms with Gasteiger partial charge in [-0.3, -0.25) is 0 Å². The minimum Gasteiger partial charge on any atom is -0.543 e. The zero-order chi connectivity index (χ0) is 13.3. The van der Waals surface area contributed by atoms with Crippen LogP contribution in [0.1, 0.15) is 10.5 Å². The Morgan fingerprint density at radius 2 is 2.00 bits per heavy atom. The fraction of sp³-hybridized carbons (Fsp3) is 0.167. The van der Waals surface area contributed by atoms with Gasteiger partial charge in [-0.25, -0.2) is 4.98 Å². The van der Waals surface area contributed by atoms with Crippen molar-refractivity contribution in [2.24, 2.45) is 0 Å². The van der Waals surface area contributed by atoms with Crippen LogP contribution in [0.4, 0.5) is 13.2 Å². The van der Waals surface area contributed by atoms with Crippen molar-refractivity contribution in [1.29, 1.82) is 0 Å². The number of alkyl halides is 3. The number of aromatic carboxylic acids is 1. The van der Waals surface area contributed by atoms with Crippen LogP contribution in [-0.4, -0.2) is 29.9 Å². The summed E-state index contributed by atoms with van der Waals surface area (Å²) in [7, 11) is -5.93. The Morgan fingerprint density at radius 1 is 1.41 bits per heavy atom. The van der Waals surface area contributed by atoms with E-state index in [2.05, 4.69) is 14.2 Å². The third-order valence-corrected chi connectivity index (χ3v) is 2.25. The van der Waals surface area contributed by atoms with Crippen molar-refractivity contribution in [1.82, 2.24) is 9.97 Å². The minimum atomic E-state index is -5.93. The van der Waals surface area contributed by atoms with E-state index >= 15 is 0 Å². The van der Waals surface area contributed by atoms with E-state index in [1.54, 1.807) is 0 Å². The van der Waals surface area contributed by atoms with Gasteiger partial charge >= 0.3 is 21.6 Å². The Bertz CT molecular complexity index is 541. The number of carbonyl (C=O) groups excluding carboxylic acids is 1. The van der Waals surface area contributed by atoms with Gasteiger partial charge < -0.3 is 14.1 Å². The fourth-order valence-corrected chi connectivity index (χ4v) is 1.01. The first-order valence-corrected chi connectivity index (χ1v) is 5.09. The van der Waals surface area contributed by atoms with Gasteiger partial charge in [-0.15, -0.1) is 0 Å². The van der Waals surface area contributed by atoms with Crippen molar-refractivity contribution >= 4 is 16.1 Å². The smallest absolute Gasteiger partial charge is 0.534 e. The quantitative estimate of drug-likeness (QED) is 0.516. The van der Waals surface area contributed by atoms with Crippen LogP contribution in [-0.2, 0) is 10.1 Å². The van der Waals surface area contributed by atoms with Gasteiger partial charge in [-0.1, -0.05) is 0 Å². The molecule has 0 N–H and O–H groups in total. The lowest BCUT2D eigenvalue weighted by molar-refractivity contribution is -0.255. The molecule has 7 nitrogen and oxygen atoms in total. The summed E-state index contributed by atoms with van der Waals surface area (Å²) in [5, 5.41) is 10.3. The molecule has 0 bridgehead atoms. The first kappa shape index (κ1) is 13.2. The van der Waals surface area contributed by atoms with Crippen molar-refractivity contribution < 1.29 is 35.7 Å². The van der Waals surface area contributed by atoms with Gasteiger partial charge in [-0.2, -0.15) is 26.6 Å². The maximum absolute atomic E-state index is 11.9. The van der Waals surface area contributed by atoms with E-state index in [0.29, 0.717) is 6.20 Å². The maximum Gasteiger partial charge on any atom is 0.534 e. The number of halogens is 3. The van der Waals surface area contributed by atoms with E-state index in [1.807, 2.05) is 0 Å². The van der Waals surface area contributed by atoms with Crippen molar-refractivity contribution in [3.63, 3.8) is 0 Å². The first-order valence-electron chi connectivity index (χ1n) is 3.68. The van der Waals surface area contributed by atoms with Crippen LogP contribution in [0.3, 0.4) is 0 Å². The van der Waals surface area contributed by atoms with Crippen LogP contribution in [0.15, 0.2) is 12.3 Å². The fourth-order valence-electron chi connectivity index (χ4n) is 0.640. The molecule has 1 aromatic heterocycles.